The minimum absolute atomic E-state index is 0.0243. The fourth-order valence-electron chi connectivity index (χ4n) is 3.99. The number of aryl methyl sites for hydroxylation is 1. The van der Waals surface area contributed by atoms with Crippen LogP contribution in [0, 0.1) is 6.92 Å². The standard InChI is InChI=1S/C23H20F3N5O4/c1-12-2-4-13(5-3-12)21(32)28-29-22(33)16-10-20-27-15(9-19(23(24,25)26)31(20)30-16)14-6-7-17-18(8-14)35-11-34-17/h2-8,10,15,19,27H,9,11H2,1H3,(H,28,32)(H,29,33)/t15-,19-/m0/s1. The summed E-state index contributed by atoms with van der Waals surface area (Å²) in [6.45, 7) is 1.91. The molecule has 0 fully saturated rings. The van der Waals surface area contributed by atoms with Crippen molar-refractivity contribution in [3.8, 4) is 11.5 Å². The third-order valence-corrected chi connectivity index (χ3v) is 5.82. The third-order valence-electron chi connectivity index (χ3n) is 5.82. The molecule has 12 heteroatoms. The number of carbonyl (C=O) groups excluding carboxylic acids is 2. The molecule has 35 heavy (non-hydrogen) atoms. The minimum Gasteiger partial charge on any atom is -0.454 e. The maximum absolute atomic E-state index is 13.9. The molecule has 0 radical (unpaired) electrons. The van der Waals surface area contributed by atoms with Gasteiger partial charge in [-0.15, -0.1) is 0 Å². The number of hydrogen-bond donors (Lipinski definition) is 3. The van der Waals surface area contributed by atoms with E-state index in [2.05, 4.69) is 21.3 Å². The molecule has 0 saturated carbocycles. The first kappa shape index (κ1) is 22.6. The van der Waals surface area contributed by atoms with Crippen LogP contribution in [0.1, 0.15) is 50.5 Å². The van der Waals surface area contributed by atoms with Gasteiger partial charge in [0, 0.05) is 18.1 Å². The average Bonchev–Trinajstić information content (AvgIpc) is 3.47. The predicted molar refractivity (Wildman–Crippen MR) is 117 cm³/mol. The van der Waals surface area contributed by atoms with Gasteiger partial charge in [-0.3, -0.25) is 20.4 Å². The van der Waals surface area contributed by atoms with Crippen molar-refractivity contribution in [3.05, 3.63) is 70.9 Å². The van der Waals surface area contributed by atoms with Crippen molar-refractivity contribution >= 4 is 17.6 Å². The van der Waals surface area contributed by atoms with Gasteiger partial charge in [0.15, 0.2) is 23.2 Å². The highest BCUT2D eigenvalue weighted by Crippen LogP contribution is 2.45. The van der Waals surface area contributed by atoms with E-state index in [1.165, 1.54) is 6.07 Å². The number of alkyl halides is 3. The van der Waals surface area contributed by atoms with E-state index in [1.807, 2.05) is 6.92 Å². The van der Waals surface area contributed by atoms with Crippen LogP contribution in [0.4, 0.5) is 19.0 Å². The normalized spacial score (nSPS) is 18.4. The smallest absolute Gasteiger partial charge is 0.410 e. The molecular formula is C23H20F3N5O4. The fourth-order valence-corrected chi connectivity index (χ4v) is 3.99. The third kappa shape index (κ3) is 4.46. The molecule has 2 aromatic carbocycles. The van der Waals surface area contributed by atoms with E-state index in [-0.39, 0.29) is 24.7 Å². The summed E-state index contributed by atoms with van der Waals surface area (Å²) in [6.07, 6.45) is -4.95. The zero-order valence-corrected chi connectivity index (χ0v) is 18.3. The first-order valence-corrected chi connectivity index (χ1v) is 10.7. The molecule has 2 amide bonds. The Labute approximate surface area is 197 Å². The summed E-state index contributed by atoms with van der Waals surface area (Å²) in [5.74, 6) is -0.424. The summed E-state index contributed by atoms with van der Waals surface area (Å²) in [5.41, 5.74) is 6.00. The van der Waals surface area contributed by atoms with Crippen molar-refractivity contribution in [2.45, 2.75) is 31.6 Å². The molecule has 3 heterocycles. The van der Waals surface area contributed by atoms with Gasteiger partial charge in [0.1, 0.15) is 5.82 Å². The Hall–Kier alpha value is -4.22. The number of nitrogens with zero attached hydrogens (tertiary/aromatic N) is 2. The van der Waals surface area contributed by atoms with Crippen LogP contribution in [0.2, 0.25) is 0 Å². The SMILES string of the molecule is Cc1ccc(C(=O)NNC(=O)c2cc3n(n2)[C@H](C(F)(F)F)C[C@@H](c2ccc4c(c2)OCO4)N3)cc1. The summed E-state index contributed by atoms with van der Waals surface area (Å²) in [7, 11) is 0. The second kappa shape index (κ2) is 8.53. The van der Waals surface area contributed by atoms with Crippen molar-refractivity contribution < 1.29 is 32.2 Å². The molecule has 0 bridgehead atoms. The Bertz CT molecular complexity index is 1290. The fraction of sp³-hybridized carbons (Fsp3) is 0.261. The lowest BCUT2D eigenvalue weighted by atomic mass is 9.96. The highest BCUT2D eigenvalue weighted by Gasteiger charge is 2.47. The second-order valence-corrected chi connectivity index (χ2v) is 8.24. The van der Waals surface area contributed by atoms with Crippen molar-refractivity contribution in [1.82, 2.24) is 20.6 Å². The zero-order valence-electron chi connectivity index (χ0n) is 18.3. The molecular weight excluding hydrogens is 467 g/mol. The number of benzene rings is 2. The summed E-state index contributed by atoms with van der Waals surface area (Å²) in [6, 6.07) is 10.1. The van der Waals surface area contributed by atoms with Gasteiger partial charge >= 0.3 is 6.18 Å². The van der Waals surface area contributed by atoms with E-state index < -0.39 is 30.1 Å². The molecule has 0 saturated heterocycles. The van der Waals surface area contributed by atoms with Crippen LogP contribution in [-0.2, 0) is 0 Å². The quantitative estimate of drug-likeness (QED) is 0.487. The molecule has 3 N–H and O–H groups in total. The molecule has 2 aliphatic heterocycles. The van der Waals surface area contributed by atoms with Crippen LogP contribution in [0.25, 0.3) is 0 Å². The highest BCUT2D eigenvalue weighted by molar-refractivity contribution is 5.98. The number of halogens is 3. The second-order valence-electron chi connectivity index (χ2n) is 8.24. The van der Waals surface area contributed by atoms with E-state index in [4.69, 9.17) is 9.47 Å². The first-order chi connectivity index (χ1) is 16.7. The van der Waals surface area contributed by atoms with Gasteiger partial charge in [-0.1, -0.05) is 23.8 Å². The lowest BCUT2D eigenvalue weighted by molar-refractivity contribution is -0.173. The van der Waals surface area contributed by atoms with E-state index in [0.717, 1.165) is 10.2 Å². The van der Waals surface area contributed by atoms with Gasteiger partial charge in [-0.2, -0.15) is 18.3 Å². The number of hydrazine groups is 1. The van der Waals surface area contributed by atoms with Gasteiger partial charge in [0.05, 0.1) is 6.04 Å². The molecule has 0 aliphatic carbocycles. The molecule has 182 valence electrons. The maximum Gasteiger partial charge on any atom is 0.410 e. The zero-order chi connectivity index (χ0) is 24.7. The van der Waals surface area contributed by atoms with Gasteiger partial charge in [-0.05, 0) is 36.8 Å². The predicted octanol–water partition coefficient (Wildman–Crippen LogP) is 3.66. The topological polar surface area (TPSA) is 107 Å². The van der Waals surface area contributed by atoms with Crippen molar-refractivity contribution in [1.29, 1.82) is 0 Å². The van der Waals surface area contributed by atoms with Crippen LogP contribution in [0.3, 0.4) is 0 Å². The number of ether oxygens (including phenoxy) is 2. The average molecular weight is 487 g/mol. The van der Waals surface area contributed by atoms with Crippen LogP contribution in [0.15, 0.2) is 48.5 Å². The van der Waals surface area contributed by atoms with E-state index >= 15 is 0 Å². The lowest BCUT2D eigenvalue weighted by Gasteiger charge is -2.33. The Kier molecular flexibility index (Phi) is 5.50. The number of hydrogen-bond acceptors (Lipinski definition) is 6. The van der Waals surface area contributed by atoms with E-state index in [9.17, 15) is 22.8 Å². The molecule has 2 aliphatic rings. The Balaban J connectivity index is 1.35. The van der Waals surface area contributed by atoms with E-state index in [1.54, 1.807) is 42.5 Å². The van der Waals surface area contributed by atoms with Gasteiger partial charge in [0.25, 0.3) is 11.8 Å². The number of aromatic nitrogens is 2. The number of rotatable bonds is 3. The van der Waals surface area contributed by atoms with Crippen molar-refractivity contribution in [2.24, 2.45) is 0 Å². The minimum atomic E-state index is -4.61. The van der Waals surface area contributed by atoms with Crippen LogP contribution in [0.5, 0.6) is 11.5 Å². The maximum atomic E-state index is 13.9. The monoisotopic (exact) mass is 487 g/mol. The van der Waals surface area contributed by atoms with Gasteiger partial charge < -0.3 is 14.8 Å². The van der Waals surface area contributed by atoms with Crippen LogP contribution < -0.4 is 25.6 Å². The number of anilines is 1. The molecule has 2 atom stereocenters. The highest BCUT2D eigenvalue weighted by atomic mass is 19.4. The first-order valence-electron chi connectivity index (χ1n) is 10.7. The number of fused-ring (bicyclic) bond motifs is 2. The Morgan fingerprint density at radius 2 is 1.74 bits per heavy atom. The van der Waals surface area contributed by atoms with Crippen molar-refractivity contribution in [2.75, 3.05) is 12.1 Å². The molecule has 1 aromatic heterocycles. The molecule has 3 aromatic rings. The number of carbonyl (C=O) groups is 2. The lowest BCUT2D eigenvalue weighted by Crippen LogP contribution is -2.42. The number of nitrogens with one attached hydrogen (secondary N) is 3. The Morgan fingerprint density at radius 1 is 1.03 bits per heavy atom. The van der Waals surface area contributed by atoms with Gasteiger partial charge in [-0.25, -0.2) is 4.68 Å². The summed E-state index contributed by atoms with van der Waals surface area (Å²) < 4.78 is 53.1. The summed E-state index contributed by atoms with van der Waals surface area (Å²) in [4.78, 5) is 24.8. The Morgan fingerprint density at radius 3 is 2.49 bits per heavy atom. The van der Waals surface area contributed by atoms with Gasteiger partial charge in [0.2, 0.25) is 6.79 Å². The van der Waals surface area contributed by atoms with E-state index in [0.29, 0.717) is 22.6 Å². The molecule has 0 unspecified atom stereocenters. The molecule has 5 rings (SSSR count). The number of amides is 2. The molecule has 9 nitrogen and oxygen atoms in total. The van der Waals surface area contributed by atoms with Crippen molar-refractivity contribution in [3.63, 3.8) is 0 Å². The summed E-state index contributed by atoms with van der Waals surface area (Å²) in [5, 5.41) is 6.89. The van der Waals surface area contributed by atoms with Crippen LogP contribution >= 0.6 is 0 Å². The molecule has 0 spiro atoms. The van der Waals surface area contributed by atoms with Crippen LogP contribution in [-0.4, -0.2) is 34.6 Å². The summed E-state index contributed by atoms with van der Waals surface area (Å²) >= 11 is 0. The largest absolute Gasteiger partial charge is 0.454 e.